The molecule has 4 nitrogen and oxygen atoms in total. The van der Waals surface area contributed by atoms with E-state index in [0.717, 1.165) is 45.3 Å². The summed E-state index contributed by atoms with van der Waals surface area (Å²) in [5, 5.41) is 5.05. The summed E-state index contributed by atoms with van der Waals surface area (Å²) in [5.74, 6) is 0. The van der Waals surface area contributed by atoms with Crippen molar-refractivity contribution in [2.75, 3.05) is 0 Å². The fraction of sp³-hybridized carbons (Fsp3) is 0.0476. The zero-order valence-electron chi connectivity index (χ0n) is 25.6. The van der Waals surface area contributed by atoms with Gasteiger partial charge in [-0.15, -0.1) is 0 Å². The SMILES string of the molecule is Cc1nc(-c2ccc(-n3c4ccccc4c4ccccc43)cc2)c(C)nc1-c1ccc(-n2c3ccccc3c3ccccc32)cc1. The van der Waals surface area contributed by atoms with Crippen LogP contribution >= 0.6 is 0 Å². The molecular weight excluding hydrogens is 560 g/mol. The number of rotatable bonds is 4. The van der Waals surface area contributed by atoms with Crippen LogP contribution in [0.1, 0.15) is 11.4 Å². The lowest BCUT2D eigenvalue weighted by Crippen LogP contribution is -2.00. The second-order valence-corrected chi connectivity index (χ2v) is 11.9. The Morgan fingerprint density at radius 3 is 0.935 bits per heavy atom. The number of nitrogens with zero attached hydrogens (tertiary/aromatic N) is 4. The van der Waals surface area contributed by atoms with Crippen molar-refractivity contribution >= 4 is 43.6 Å². The van der Waals surface area contributed by atoms with Crippen LogP contribution in [0.2, 0.25) is 0 Å². The third-order valence-electron chi connectivity index (χ3n) is 9.20. The summed E-state index contributed by atoms with van der Waals surface area (Å²) in [5.41, 5.74) is 12.9. The monoisotopic (exact) mass is 590 g/mol. The molecule has 0 saturated carbocycles. The average molecular weight is 591 g/mol. The van der Waals surface area contributed by atoms with Gasteiger partial charge in [0, 0.05) is 44.0 Å². The van der Waals surface area contributed by atoms with E-state index in [2.05, 4.69) is 169 Å². The number of aromatic nitrogens is 4. The van der Waals surface area contributed by atoms with Crippen LogP contribution in [0.3, 0.4) is 0 Å². The highest BCUT2D eigenvalue weighted by Crippen LogP contribution is 2.35. The van der Waals surface area contributed by atoms with Crippen LogP contribution in [0.15, 0.2) is 146 Å². The van der Waals surface area contributed by atoms with Crippen molar-refractivity contribution < 1.29 is 0 Å². The summed E-state index contributed by atoms with van der Waals surface area (Å²) in [6, 6.07) is 51.8. The third kappa shape index (κ3) is 4.00. The van der Waals surface area contributed by atoms with Crippen molar-refractivity contribution in [3.8, 4) is 33.9 Å². The molecule has 0 aliphatic carbocycles. The largest absolute Gasteiger partial charge is 0.309 e. The van der Waals surface area contributed by atoms with Crippen molar-refractivity contribution in [2.45, 2.75) is 13.8 Å². The smallest absolute Gasteiger partial charge is 0.0918 e. The topological polar surface area (TPSA) is 35.6 Å². The molecule has 0 unspecified atom stereocenters. The van der Waals surface area contributed by atoms with Crippen molar-refractivity contribution in [3.05, 3.63) is 157 Å². The van der Waals surface area contributed by atoms with E-state index in [9.17, 15) is 0 Å². The van der Waals surface area contributed by atoms with Gasteiger partial charge in [-0.1, -0.05) is 97.1 Å². The van der Waals surface area contributed by atoms with E-state index >= 15 is 0 Å². The van der Waals surface area contributed by atoms with Crippen molar-refractivity contribution in [1.29, 1.82) is 0 Å². The Bertz CT molecular complexity index is 2300. The molecule has 0 N–H and O–H groups in total. The molecule has 218 valence electrons. The predicted molar refractivity (Wildman–Crippen MR) is 191 cm³/mol. The minimum Gasteiger partial charge on any atom is -0.309 e. The van der Waals surface area contributed by atoms with Gasteiger partial charge in [-0.05, 0) is 62.4 Å². The number of benzene rings is 6. The van der Waals surface area contributed by atoms with Crippen LogP contribution < -0.4 is 0 Å². The molecule has 0 spiro atoms. The van der Waals surface area contributed by atoms with Gasteiger partial charge in [0.05, 0.1) is 44.8 Å². The van der Waals surface area contributed by atoms with Gasteiger partial charge in [-0.25, -0.2) is 9.97 Å². The second-order valence-electron chi connectivity index (χ2n) is 11.9. The van der Waals surface area contributed by atoms with Crippen molar-refractivity contribution in [1.82, 2.24) is 19.1 Å². The molecule has 0 fully saturated rings. The molecule has 3 heterocycles. The molecule has 3 aromatic heterocycles. The first-order chi connectivity index (χ1) is 22.7. The first kappa shape index (κ1) is 26.4. The second kappa shape index (κ2) is 10.3. The third-order valence-corrected chi connectivity index (χ3v) is 9.20. The van der Waals surface area contributed by atoms with E-state index in [0.29, 0.717) is 0 Å². The van der Waals surface area contributed by atoms with Gasteiger partial charge in [0.15, 0.2) is 0 Å². The number of para-hydroxylation sites is 4. The van der Waals surface area contributed by atoms with Crippen molar-refractivity contribution in [3.63, 3.8) is 0 Å². The average Bonchev–Trinajstić information content (AvgIpc) is 3.63. The van der Waals surface area contributed by atoms with E-state index in [-0.39, 0.29) is 0 Å². The molecule has 0 aliphatic rings. The van der Waals surface area contributed by atoms with Crippen LogP contribution in [0.5, 0.6) is 0 Å². The van der Waals surface area contributed by atoms with Crippen LogP contribution in [-0.4, -0.2) is 19.1 Å². The maximum absolute atomic E-state index is 5.09. The molecule has 0 aliphatic heterocycles. The van der Waals surface area contributed by atoms with Gasteiger partial charge in [0.1, 0.15) is 0 Å². The Kier molecular flexibility index (Phi) is 5.90. The van der Waals surface area contributed by atoms with E-state index < -0.39 is 0 Å². The molecule has 9 aromatic rings. The Balaban J connectivity index is 1.06. The fourth-order valence-corrected chi connectivity index (χ4v) is 7.09. The molecule has 0 bridgehead atoms. The van der Waals surface area contributed by atoms with Crippen LogP contribution in [-0.2, 0) is 0 Å². The van der Waals surface area contributed by atoms with Crippen LogP contribution in [0.25, 0.3) is 77.5 Å². The van der Waals surface area contributed by atoms with Gasteiger partial charge in [0.25, 0.3) is 0 Å². The van der Waals surface area contributed by atoms with Gasteiger partial charge in [-0.2, -0.15) is 0 Å². The number of hydrogen-bond acceptors (Lipinski definition) is 2. The fourth-order valence-electron chi connectivity index (χ4n) is 7.09. The molecule has 0 saturated heterocycles. The molecule has 46 heavy (non-hydrogen) atoms. The predicted octanol–water partition coefficient (Wildman–Crippen LogP) is 10.6. The summed E-state index contributed by atoms with van der Waals surface area (Å²) >= 11 is 0. The van der Waals surface area contributed by atoms with Crippen LogP contribution in [0.4, 0.5) is 0 Å². The Morgan fingerprint density at radius 2 is 0.630 bits per heavy atom. The Morgan fingerprint density at radius 1 is 0.348 bits per heavy atom. The Hall–Kier alpha value is -6.00. The summed E-state index contributed by atoms with van der Waals surface area (Å²) in [7, 11) is 0. The summed E-state index contributed by atoms with van der Waals surface area (Å²) in [6.07, 6.45) is 0. The minimum absolute atomic E-state index is 0.914. The molecule has 4 heteroatoms. The summed E-state index contributed by atoms with van der Waals surface area (Å²) < 4.78 is 4.68. The molecule has 9 rings (SSSR count). The summed E-state index contributed by atoms with van der Waals surface area (Å²) in [4.78, 5) is 10.2. The quantitative estimate of drug-likeness (QED) is 0.204. The molecule has 0 radical (unpaired) electrons. The van der Waals surface area contributed by atoms with Gasteiger partial charge < -0.3 is 9.13 Å². The Labute approximate surface area is 266 Å². The highest BCUT2D eigenvalue weighted by molar-refractivity contribution is 6.10. The van der Waals surface area contributed by atoms with Gasteiger partial charge >= 0.3 is 0 Å². The highest BCUT2D eigenvalue weighted by Gasteiger charge is 2.16. The lowest BCUT2D eigenvalue weighted by molar-refractivity contribution is 1.07. The van der Waals surface area contributed by atoms with Gasteiger partial charge in [-0.3, -0.25) is 0 Å². The maximum atomic E-state index is 5.09. The minimum atomic E-state index is 0.914. The zero-order chi connectivity index (χ0) is 30.8. The molecule has 0 atom stereocenters. The number of aryl methyl sites for hydroxylation is 2. The summed E-state index contributed by atoms with van der Waals surface area (Å²) in [6.45, 7) is 4.11. The number of hydrogen-bond donors (Lipinski definition) is 0. The standard InChI is InChI=1S/C42H30N4/c1-27-41(29-19-23-31(24-20-29)45-37-15-7-3-11-33(37)34-12-4-8-16-38(34)45)44-28(2)42(43-27)30-21-25-32(26-22-30)46-39-17-9-5-13-35(39)36-14-6-10-18-40(36)46/h3-26H,1-2H3. The maximum Gasteiger partial charge on any atom is 0.0918 e. The lowest BCUT2D eigenvalue weighted by Gasteiger charge is -2.13. The van der Waals surface area contributed by atoms with E-state index in [4.69, 9.17) is 9.97 Å². The van der Waals surface area contributed by atoms with Gasteiger partial charge in [0.2, 0.25) is 0 Å². The first-order valence-electron chi connectivity index (χ1n) is 15.7. The molecular formula is C42H30N4. The highest BCUT2D eigenvalue weighted by atomic mass is 15.0. The van der Waals surface area contributed by atoms with Crippen molar-refractivity contribution in [2.24, 2.45) is 0 Å². The van der Waals surface area contributed by atoms with Crippen LogP contribution in [0, 0.1) is 13.8 Å². The number of fused-ring (bicyclic) bond motifs is 6. The molecule has 0 amide bonds. The first-order valence-corrected chi connectivity index (χ1v) is 15.7. The normalized spacial score (nSPS) is 11.7. The van der Waals surface area contributed by atoms with E-state index in [1.54, 1.807) is 0 Å². The molecule has 6 aromatic carbocycles. The van der Waals surface area contributed by atoms with E-state index in [1.807, 2.05) is 0 Å². The zero-order valence-corrected chi connectivity index (χ0v) is 25.6. The van der Waals surface area contributed by atoms with E-state index in [1.165, 1.54) is 43.6 Å². The lowest BCUT2D eigenvalue weighted by atomic mass is 10.1.